The molecule has 1 aliphatic heterocycles. The fourth-order valence-corrected chi connectivity index (χ4v) is 2.30. The van der Waals surface area contributed by atoms with Gasteiger partial charge in [-0.1, -0.05) is 0 Å². The number of carbonyl (C=O) groups is 1. The molecule has 1 heterocycles. The summed E-state index contributed by atoms with van der Waals surface area (Å²) < 4.78 is 18.1. The van der Waals surface area contributed by atoms with Crippen LogP contribution < -0.4 is 15.4 Å². The molecule has 0 atom stereocenters. The van der Waals surface area contributed by atoms with E-state index in [9.17, 15) is 9.18 Å². The van der Waals surface area contributed by atoms with Crippen LogP contribution in [0.5, 0.6) is 5.75 Å². The first-order valence-corrected chi connectivity index (χ1v) is 6.53. The lowest BCUT2D eigenvalue weighted by Gasteiger charge is -2.21. The van der Waals surface area contributed by atoms with Gasteiger partial charge in [0.1, 0.15) is 0 Å². The summed E-state index contributed by atoms with van der Waals surface area (Å²) in [4.78, 5) is 11.9. The zero-order valence-corrected chi connectivity index (χ0v) is 12.3. The van der Waals surface area contributed by atoms with Gasteiger partial charge >= 0.3 is 0 Å². The van der Waals surface area contributed by atoms with Crippen LogP contribution in [0.2, 0.25) is 0 Å². The summed E-state index contributed by atoms with van der Waals surface area (Å²) in [6, 6.07) is 4.33. The van der Waals surface area contributed by atoms with Crippen molar-refractivity contribution in [3.63, 3.8) is 0 Å². The Bertz CT molecular complexity index is 451. The molecular weight excluding hydrogens is 283 g/mol. The van der Waals surface area contributed by atoms with Gasteiger partial charge in [-0.3, -0.25) is 4.79 Å². The van der Waals surface area contributed by atoms with E-state index in [0.717, 1.165) is 25.9 Å². The van der Waals surface area contributed by atoms with Gasteiger partial charge in [-0.2, -0.15) is 0 Å². The van der Waals surface area contributed by atoms with Gasteiger partial charge in [0.2, 0.25) is 5.91 Å². The first-order valence-electron chi connectivity index (χ1n) is 6.53. The van der Waals surface area contributed by atoms with Crippen LogP contribution in [0.25, 0.3) is 0 Å². The molecule has 0 aliphatic carbocycles. The number of methoxy groups -OCH3 is 1. The molecule has 2 N–H and O–H groups in total. The van der Waals surface area contributed by atoms with Gasteiger partial charge in [0.05, 0.1) is 7.11 Å². The molecule has 0 unspecified atom stereocenters. The molecule has 4 nitrogen and oxygen atoms in total. The second kappa shape index (κ2) is 8.07. The third kappa shape index (κ3) is 4.65. The lowest BCUT2D eigenvalue weighted by atomic mass is 9.94. The van der Waals surface area contributed by atoms with Crippen LogP contribution in [0.4, 0.5) is 10.1 Å². The Morgan fingerprint density at radius 2 is 2.15 bits per heavy atom. The number of nitrogens with one attached hydrogen (secondary N) is 2. The van der Waals surface area contributed by atoms with Gasteiger partial charge in [0, 0.05) is 18.2 Å². The van der Waals surface area contributed by atoms with Gasteiger partial charge in [-0.25, -0.2) is 4.39 Å². The van der Waals surface area contributed by atoms with Crippen LogP contribution in [-0.4, -0.2) is 26.1 Å². The van der Waals surface area contributed by atoms with Crippen LogP contribution >= 0.6 is 12.4 Å². The molecule has 1 saturated heterocycles. The Morgan fingerprint density at radius 1 is 1.45 bits per heavy atom. The van der Waals surface area contributed by atoms with E-state index >= 15 is 0 Å². The van der Waals surface area contributed by atoms with Crippen LogP contribution in [-0.2, 0) is 4.79 Å². The molecule has 20 heavy (non-hydrogen) atoms. The SMILES string of the molecule is COc1cc(NC(=O)CC2CCNCC2)ccc1F.Cl. The smallest absolute Gasteiger partial charge is 0.224 e. The van der Waals surface area contributed by atoms with Crippen LogP contribution in [0.15, 0.2) is 18.2 Å². The fourth-order valence-electron chi connectivity index (χ4n) is 2.30. The highest BCUT2D eigenvalue weighted by atomic mass is 35.5. The van der Waals surface area contributed by atoms with E-state index in [1.807, 2.05) is 0 Å². The zero-order chi connectivity index (χ0) is 13.7. The molecule has 1 aromatic rings. The average Bonchev–Trinajstić information content (AvgIpc) is 2.42. The molecule has 0 radical (unpaired) electrons. The number of piperidine rings is 1. The van der Waals surface area contributed by atoms with Crippen molar-refractivity contribution >= 4 is 24.0 Å². The van der Waals surface area contributed by atoms with Crippen LogP contribution in [0.1, 0.15) is 19.3 Å². The highest BCUT2D eigenvalue weighted by Gasteiger charge is 2.17. The summed E-state index contributed by atoms with van der Waals surface area (Å²) in [5, 5.41) is 6.05. The second-order valence-electron chi connectivity index (χ2n) is 4.80. The molecule has 0 aromatic heterocycles. The molecule has 1 fully saturated rings. The van der Waals surface area contributed by atoms with Gasteiger partial charge in [0.15, 0.2) is 11.6 Å². The monoisotopic (exact) mass is 302 g/mol. The molecule has 0 saturated carbocycles. The molecule has 1 aliphatic rings. The third-order valence-corrected chi connectivity index (χ3v) is 3.37. The quantitative estimate of drug-likeness (QED) is 0.899. The van der Waals surface area contributed by atoms with Crippen LogP contribution in [0.3, 0.4) is 0 Å². The second-order valence-corrected chi connectivity index (χ2v) is 4.80. The first-order chi connectivity index (χ1) is 9.19. The molecule has 0 bridgehead atoms. The Balaban J connectivity index is 0.00000200. The highest BCUT2D eigenvalue weighted by Crippen LogP contribution is 2.22. The van der Waals surface area contributed by atoms with E-state index in [-0.39, 0.29) is 24.1 Å². The topological polar surface area (TPSA) is 50.4 Å². The molecule has 0 spiro atoms. The van der Waals surface area contributed by atoms with E-state index in [1.54, 1.807) is 0 Å². The van der Waals surface area contributed by atoms with Crippen molar-refractivity contribution in [2.24, 2.45) is 5.92 Å². The number of rotatable bonds is 4. The number of amides is 1. The largest absolute Gasteiger partial charge is 0.494 e. The normalized spacial score (nSPS) is 15.3. The van der Waals surface area contributed by atoms with Crippen molar-refractivity contribution in [3.8, 4) is 5.75 Å². The summed E-state index contributed by atoms with van der Waals surface area (Å²) >= 11 is 0. The van der Waals surface area contributed by atoms with Gasteiger partial charge in [0.25, 0.3) is 0 Å². The number of benzene rings is 1. The lowest BCUT2D eigenvalue weighted by Crippen LogP contribution is -2.30. The predicted octanol–water partition coefficient (Wildman–Crippen LogP) is 2.58. The molecule has 6 heteroatoms. The minimum Gasteiger partial charge on any atom is -0.494 e. The number of ether oxygens (including phenoxy) is 1. The number of anilines is 1. The average molecular weight is 303 g/mol. The predicted molar refractivity (Wildman–Crippen MR) is 79.0 cm³/mol. The van der Waals surface area contributed by atoms with Crippen molar-refractivity contribution in [2.75, 3.05) is 25.5 Å². The Labute approximate surface area is 124 Å². The minimum atomic E-state index is -0.432. The van der Waals surface area contributed by atoms with Crippen molar-refractivity contribution < 1.29 is 13.9 Å². The van der Waals surface area contributed by atoms with E-state index in [2.05, 4.69) is 10.6 Å². The minimum absolute atomic E-state index is 0. The molecule has 2 rings (SSSR count). The number of carbonyl (C=O) groups excluding carboxylic acids is 1. The Hall–Kier alpha value is -1.33. The van der Waals surface area contributed by atoms with E-state index in [0.29, 0.717) is 18.0 Å². The van der Waals surface area contributed by atoms with Gasteiger partial charge in [-0.15, -0.1) is 12.4 Å². The summed E-state index contributed by atoms with van der Waals surface area (Å²) in [6.07, 6.45) is 2.57. The Kier molecular flexibility index (Phi) is 6.75. The maximum Gasteiger partial charge on any atom is 0.224 e. The van der Waals surface area contributed by atoms with Crippen molar-refractivity contribution in [3.05, 3.63) is 24.0 Å². The maximum atomic E-state index is 13.2. The lowest BCUT2D eigenvalue weighted by molar-refractivity contribution is -0.117. The third-order valence-electron chi connectivity index (χ3n) is 3.37. The van der Waals surface area contributed by atoms with E-state index in [1.165, 1.54) is 25.3 Å². The standard InChI is InChI=1S/C14H19FN2O2.ClH/c1-19-13-9-11(2-3-12(13)15)17-14(18)8-10-4-6-16-7-5-10;/h2-3,9-10,16H,4-8H2,1H3,(H,17,18);1H. The molecule has 1 amide bonds. The summed E-state index contributed by atoms with van der Waals surface area (Å²) in [5.41, 5.74) is 0.567. The maximum absolute atomic E-state index is 13.2. The zero-order valence-electron chi connectivity index (χ0n) is 11.4. The summed E-state index contributed by atoms with van der Waals surface area (Å²) in [6.45, 7) is 1.95. The van der Waals surface area contributed by atoms with Crippen molar-refractivity contribution in [1.29, 1.82) is 0 Å². The van der Waals surface area contributed by atoms with Crippen molar-refractivity contribution in [2.45, 2.75) is 19.3 Å². The first kappa shape index (κ1) is 16.7. The van der Waals surface area contributed by atoms with Gasteiger partial charge in [-0.05, 0) is 44.0 Å². The molecule has 1 aromatic carbocycles. The number of hydrogen-bond acceptors (Lipinski definition) is 3. The van der Waals surface area contributed by atoms with Crippen LogP contribution in [0, 0.1) is 11.7 Å². The van der Waals surface area contributed by atoms with E-state index in [4.69, 9.17) is 4.74 Å². The summed E-state index contributed by atoms with van der Waals surface area (Å²) in [7, 11) is 1.40. The molecule has 112 valence electrons. The van der Waals surface area contributed by atoms with E-state index < -0.39 is 5.82 Å². The fraction of sp³-hybridized carbons (Fsp3) is 0.500. The Morgan fingerprint density at radius 3 is 2.80 bits per heavy atom. The number of halogens is 2. The van der Waals surface area contributed by atoms with Gasteiger partial charge < -0.3 is 15.4 Å². The van der Waals surface area contributed by atoms with Crippen molar-refractivity contribution in [1.82, 2.24) is 5.32 Å². The molecular formula is C14H20ClFN2O2. The summed E-state index contributed by atoms with van der Waals surface area (Å²) in [5.74, 6) is 0.114. The number of hydrogen-bond donors (Lipinski definition) is 2. The highest BCUT2D eigenvalue weighted by molar-refractivity contribution is 5.91.